The van der Waals surface area contributed by atoms with Crippen molar-refractivity contribution in [1.29, 1.82) is 0 Å². The number of para-hydroxylation sites is 1. The van der Waals surface area contributed by atoms with Crippen molar-refractivity contribution in [2.45, 2.75) is 18.4 Å². The standard InChI is InChI=1S/C16H22N4O2.2ClH/c17-16(6-7-16)15(22)18-12-14(21)20-10-8-19(9-11-20)13-4-2-1-3-5-13;;/h1-5H,6-12,17H2,(H,18,22);2*1H. The lowest BCUT2D eigenvalue weighted by atomic mass is 10.2. The number of amides is 2. The molecular weight excluding hydrogens is 351 g/mol. The van der Waals surface area contributed by atoms with Gasteiger partial charge < -0.3 is 20.9 Å². The lowest BCUT2D eigenvalue weighted by Crippen LogP contribution is -2.52. The van der Waals surface area contributed by atoms with Gasteiger partial charge in [-0.2, -0.15) is 0 Å². The van der Waals surface area contributed by atoms with Crippen LogP contribution in [0.25, 0.3) is 0 Å². The Morgan fingerprint density at radius 2 is 1.62 bits per heavy atom. The molecule has 0 radical (unpaired) electrons. The van der Waals surface area contributed by atoms with Gasteiger partial charge in [-0.25, -0.2) is 0 Å². The van der Waals surface area contributed by atoms with Gasteiger partial charge in [-0.1, -0.05) is 18.2 Å². The first-order chi connectivity index (χ1) is 10.6. The highest BCUT2D eigenvalue weighted by atomic mass is 35.5. The Morgan fingerprint density at radius 1 is 1.04 bits per heavy atom. The first-order valence-electron chi connectivity index (χ1n) is 7.73. The summed E-state index contributed by atoms with van der Waals surface area (Å²) < 4.78 is 0. The normalized spacial score (nSPS) is 18.0. The average Bonchev–Trinajstić information content (AvgIpc) is 3.32. The first-order valence-corrected chi connectivity index (χ1v) is 7.73. The number of carbonyl (C=O) groups is 2. The van der Waals surface area contributed by atoms with Crippen LogP contribution in [0.2, 0.25) is 0 Å². The van der Waals surface area contributed by atoms with Crippen molar-refractivity contribution in [3.8, 4) is 0 Å². The van der Waals surface area contributed by atoms with E-state index in [0.717, 1.165) is 13.1 Å². The molecule has 0 atom stereocenters. The highest BCUT2D eigenvalue weighted by Gasteiger charge is 2.45. The summed E-state index contributed by atoms with van der Waals surface area (Å²) in [5.74, 6) is -0.242. The van der Waals surface area contributed by atoms with Gasteiger partial charge in [0.05, 0.1) is 12.1 Å². The van der Waals surface area contributed by atoms with Gasteiger partial charge in [0, 0.05) is 31.9 Å². The molecule has 1 aliphatic heterocycles. The molecule has 1 aromatic carbocycles. The fourth-order valence-electron chi connectivity index (χ4n) is 2.66. The fraction of sp³-hybridized carbons (Fsp3) is 0.500. The van der Waals surface area contributed by atoms with Gasteiger partial charge in [-0.05, 0) is 25.0 Å². The third-order valence-corrected chi connectivity index (χ3v) is 4.39. The topological polar surface area (TPSA) is 78.7 Å². The van der Waals surface area contributed by atoms with Crippen molar-refractivity contribution >= 4 is 42.3 Å². The molecule has 1 saturated carbocycles. The van der Waals surface area contributed by atoms with Gasteiger partial charge in [-0.3, -0.25) is 9.59 Å². The van der Waals surface area contributed by atoms with E-state index in [1.807, 2.05) is 18.2 Å². The summed E-state index contributed by atoms with van der Waals surface area (Å²) in [6, 6.07) is 10.2. The van der Waals surface area contributed by atoms with E-state index in [-0.39, 0.29) is 43.2 Å². The molecule has 1 aromatic rings. The molecule has 1 saturated heterocycles. The minimum Gasteiger partial charge on any atom is -0.368 e. The Balaban J connectivity index is 0.00000144. The van der Waals surface area contributed by atoms with Gasteiger partial charge in [0.15, 0.2) is 0 Å². The molecule has 134 valence electrons. The second-order valence-electron chi connectivity index (χ2n) is 6.04. The van der Waals surface area contributed by atoms with Crippen LogP contribution in [0.15, 0.2) is 30.3 Å². The quantitative estimate of drug-likeness (QED) is 0.816. The summed E-state index contributed by atoms with van der Waals surface area (Å²) in [7, 11) is 0. The Bertz CT molecular complexity index is 558. The van der Waals surface area contributed by atoms with Crippen LogP contribution in [0.4, 0.5) is 5.69 Å². The summed E-state index contributed by atoms with van der Waals surface area (Å²) in [5, 5.41) is 2.66. The van der Waals surface area contributed by atoms with Crippen molar-refractivity contribution in [1.82, 2.24) is 10.2 Å². The fourth-order valence-corrected chi connectivity index (χ4v) is 2.66. The molecule has 8 heteroatoms. The number of nitrogens with one attached hydrogen (secondary N) is 1. The Morgan fingerprint density at radius 3 is 2.17 bits per heavy atom. The van der Waals surface area contributed by atoms with E-state index in [1.54, 1.807) is 4.90 Å². The second kappa shape index (κ2) is 8.55. The maximum Gasteiger partial charge on any atom is 0.242 e. The molecule has 3 N–H and O–H groups in total. The Labute approximate surface area is 154 Å². The number of hydrogen-bond acceptors (Lipinski definition) is 4. The zero-order chi connectivity index (χ0) is 15.6. The zero-order valence-corrected chi connectivity index (χ0v) is 15.1. The molecule has 2 amide bonds. The Hall–Kier alpha value is -1.50. The van der Waals surface area contributed by atoms with Gasteiger partial charge in [0.2, 0.25) is 11.8 Å². The number of rotatable bonds is 4. The number of nitrogens with zero attached hydrogens (tertiary/aromatic N) is 2. The average molecular weight is 375 g/mol. The van der Waals surface area contributed by atoms with Crippen LogP contribution in [0.3, 0.4) is 0 Å². The summed E-state index contributed by atoms with van der Waals surface area (Å²) in [5.41, 5.74) is 6.26. The van der Waals surface area contributed by atoms with E-state index in [0.29, 0.717) is 25.9 Å². The molecule has 2 aliphatic rings. The van der Waals surface area contributed by atoms with Crippen molar-refractivity contribution in [3.05, 3.63) is 30.3 Å². The largest absolute Gasteiger partial charge is 0.368 e. The van der Waals surface area contributed by atoms with Gasteiger partial charge in [-0.15, -0.1) is 24.8 Å². The lowest BCUT2D eigenvalue weighted by Gasteiger charge is -2.36. The van der Waals surface area contributed by atoms with Gasteiger partial charge in [0.1, 0.15) is 0 Å². The third-order valence-electron chi connectivity index (χ3n) is 4.39. The number of nitrogens with two attached hydrogens (primary N) is 1. The van der Waals surface area contributed by atoms with Crippen LogP contribution >= 0.6 is 24.8 Å². The molecule has 6 nitrogen and oxygen atoms in total. The molecule has 0 unspecified atom stereocenters. The second-order valence-corrected chi connectivity index (χ2v) is 6.04. The number of piperazine rings is 1. The summed E-state index contributed by atoms with van der Waals surface area (Å²) in [4.78, 5) is 27.9. The summed E-state index contributed by atoms with van der Waals surface area (Å²) in [6.45, 7) is 3.02. The molecule has 1 aliphatic carbocycles. The van der Waals surface area contributed by atoms with Crippen molar-refractivity contribution < 1.29 is 9.59 Å². The molecular formula is C16H24Cl2N4O2. The monoisotopic (exact) mass is 374 g/mol. The molecule has 2 fully saturated rings. The van der Waals surface area contributed by atoms with Crippen LogP contribution in [0.1, 0.15) is 12.8 Å². The van der Waals surface area contributed by atoms with E-state index in [9.17, 15) is 9.59 Å². The maximum absolute atomic E-state index is 12.1. The molecule has 3 rings (SSSR count). The maximum atomic E-state index is 12.1. The first kappa shape index (κ1) is 20.5. The minimum absolute atomic E-state index is 0. The van der Waals surface area contributed by atoms with E-state index >= 15 is 0 Å². The van der Waals surface area contributed by atoms with Gasteiger partial charge >= 0.3 is 0 Å². The molecule has 0 aromatic heterocycles. The van der Waals surface area contributed by atoms with Crippen molar-refractivity contribution in [2.75, 3.05) is 37.6 Å². The number of hydrogen-bond donors (Lipinski definition) is 2. The predicted molar refractivity (Wildman–Crippen MR) is 98.9 cm³/mol. The number of carbonyl (C=O) groups excluding carboxylic acids is 2. The Kier molecular flexibility index (Phi) is 7.32. The van der Waals surface area contributed by atoms with Crippen LogP contribution < -0.4 is 16.0 Å². The molecule has 0 spiro atoms. The molecule has 1 heterocycles. The number of anilines is 1. The highest BCUT2D eigenvalue weighted by molar-refractivity contribution is 5.92. The van der Waals surface area contributed by atoms with E-state index in [4.69, 9.17) is 5.73 Å². The van der Waals surface area contributed by atoms with Crippen LogP contribution in [-0.2, 0) is 9.59 Å². The van der Waals surface area contributed by atoms with Crippen LogP contribution in [-0.4, -0.2) is 55.0 Å². The minimum atomic E-state index is -0.716. The lowest BCUT2D eigenvalue weighted by molar-refractivity contribution is -0.133. The SMILES string of the molecule is Cl.Cl.NC1(C(=O)NCC(=O)N2CCN(c3ccccc3)CC2)CC1. The van der Waals surface area contributed by atoms with Crippen molar-refractivity contribution in [3.63, 3.8) is 0 Å². The summed E-state index contributed by atoms with van der Waals surface area (Å²) >= 11 is 0. The number of halogens is 2. The van der Waals surface area contributed by atoms with Crippen LogP contribution in [0.5, 0.6) is 0 Å². The van der Waals surface area contributed by atoms with E-state index < -0.39 is 5.54 Å². The summed E-state index contributed by atoms with van der Waals surface area (Å²) in [6.07, 6.45) is 1.42. The smallest absolute Gasteiger partial charge is 0.242 e. The van der Waals surface area contributed by atoms with Crippen molar-refractivity contribution in [2.24, 2.45) is 5.73 Å². The highest BCUT2D eigenvalue weighted by Crippen LogP contribution is 2.31. The molecule has 0 bridgehead atoms. The molecule has 24 heavy (non-hydrogen) atoms. The zero-order valence-electron chi connectivity index (χ0n) is 13.4. The predicted octanol–water partition coefficient (Wildman–Crippen LogP) is 0.786. The van der Waals surface area contributed by atoms with E-state index in [1.165, 1.54) is 5.69 Å². The van der Waals surface area contributed by atoms with Crippen LogP contribution in [0, 0.1) is 0 Å². The van der Waals surface area contributed by atoms with Gasteiger partial charge in [0.25, 0.3) is 0 Å². The number of benzene rings is 1. The van der Waals surface area contributed by atoms with E-state index in [2.05, 4.69) is 22.3 Å². The third kappa shape index (κ3) is 4.75.